The highest BCUT2D eigenvalue weighted by molar-refractivity contribution is 5.90. The molecule has 0 spiro atoms. The number of aromatic amines is 1. The van der Waals surface area contributed by atoms with E-state index in [1.807, 2.05) is 37.4 Å². The van der Waals surface area contributed by atoms with Crippen molar-refractivity contribution in [3.05, 3.63) is 36.0 Å². The molecule has 45 heavy (non-hydrogen) atoms. The van der Waals surface area contributed by atoms with E-state index < -0.39 is 12.0 Å². The average Bonchev–Trinajstić information content (AvgIpc) is 3.60. The van der Waals surface area contributed by atoms with Crippen molar-refractivity contribution in [3.63, 3.8) is 0 Å². The van der Waals surface area contributed by atoms with E-state index in [4.69, 9.17) is 10.5 Å². The van der Waals surface area contributed by atoms with E-state index in [1.165, 1.54) is 32.1 Å². The van der Waals surface area contributed by atoms with Crippen molar-refractivity contribution in [2.45, 2.75) is 124 Å². The number of nitrogens with two attached hydrogens (primary N) is 1. The van der Waals surface area contributed by atoms with Gasteiger partial charge in [0.15, 0.2) is 5.78 Å². The van der Waals surface area contributed by atoms with Crippen LogP contribution in [0.5, 0.6) is 0 Å². The molecule has 0 radical (unpaired) electrons. The predicted octanol–water partition coefficient (Wildman–Crippen LogP) is 7.82. The smallest absolute Gasteiger partial charge is 0.309 e. The minimum atomic E-state index is -0.655. The molecular weight excluding hydrogens is 560 g/mol. The molecule has 2 aromatic rings. The second-order valence-corrected chi connectivity index (χ2v) is 16.1. The molecule has 4 aliphatic carbocycles. The molecule has 1 heterocycles. The zero-order valence-electron chi connectivity index (χ0n) is 28.3. The molecule has 1 aromatic carbocycles. The molecule has 6 heteroatoms. The number of Topliss-reactive ketones (excluding diaryl/α,β-unsaturated/α-hetero) is 2. The molecule has 0 amide bonds. The molecule has 4 saturated carbocycles. The van der Waals surface area contributed by atoms with Gasteiger partial charge in [-0.05, 0) is 123 Å². The van der Waals surface area contributed by atoms with Gasteiger partial charge in [-0.1, -0.05) is 52.3 Å². The van der Waals surface area contributed by atoms with Crippen LogP contribution in [-0.4, -0.2) is 34.7 Å². The number of esters is 1. The van der Waals surface area contributed by atoms with E-state index in [9.17, 15) is 14.4 Å². The van der Waals surface area contributed by atoms with E-state index >= 15 is 0 Å². The first kappa shape index (κ1) is 32.5. The first-order valence-corrected chi connectivity index (χ1v) is 18.0. The molecular formula is C39H56N2O4. The molecule has 4 aliphatic rings. The fourth-order valence-corrected chi connectivity index (χ4v) is 11.1. The van der Waals surface area contributed by atoms with Gasteiger partial charge < -0.3 is 15.5 Å². The van der Waals surface area contributed by atoms with Crippen molar-refractivity contribution in [1.82, 2.24) is 4.98 Å². The normalized spacial score (nSPS) is 36.3. The van der Waals surface area contributed by atoms with Crippen LogP contribution >= 0.6 is 0 Å². The summed E-state index contributed by atoms with van der Waals surface area (Å²) in [6, 6.07) is 7.39. The number of carbonyl (C=O) groups excluding carboxylic acids is 3. The number of rotatable bonds is 10. The quantitative estimate of drug-likeness (QED) is 0.265. The summed E-state index contributed by atoms with van der Waals surface area (Å²) < 4.78 is 6.30. The molecule has 6 rings (SSSR count). The lowest BCUT2D eigenvalue weighted by atomic mass is 9.44. The maximum Gasteiger partial charge on any atom is 0.309 e. The van der Waals surface area contributed by atoms with Gasteiger partial charge in [0, 0.05) is 29.4 Å². The van der Waals surface area contributed by atoms with Crippen LogP contribution in [0, 0.1) is 52.3 Å². The van der Waals surface area contributed by atoms with E-state index in [2.05, 4.69) is 32.7 Å². The van der Waals surface area contributed by atoms with Gasteiger partial charge in [0.2, 0.25) is 0 Å². The standard InChI is InChI=1S/C39H56N2O4/c1-6-23(2)30(21-36(43)34(40)19-25-22-41-35-10-8-7-9-28(25)35)37(44)45-27-15-17-38(4)26(20-27)11-12-29-32-14-13-31(24(3)42)39(32,5)18-16-33(29)38/h7-10,22-23,26-27,29-34,41H,6,11-21,40H2,1-5H3/t23?,26-,27+,29-,30-,31+,32-,33-,34-,38-,39+/m0/s1. The summed E-state index contributed by atoms with van der Waals surface area (Å²) in [6.07, 6.45) is 13.3. The van der Waals surface area contributed by atoms with Crippen LogP contribution in [0.2, 0.25) is 0 Å². The van der Waals surface area contributed by atoms with Crippen molar-refractivity contribution in [1.29, 1.82) is 0 Å². The van der Waals surface area contributed by atoms with Gasteiger partial charge in [-0.2, -0.15) is 0 Å². The fraction of sp³-hybridized carbons (Fsp3) is 0.718. The molecule has 246 valence electrons. The first-order valence-electron chi connectivity index (χ1n) is 18.0. The van der Waals surface area contributed by atoms with Crippen molar-refractivity contribution in [2.75, 3.05) is 0 Å². The second kappa shape index (κ2) is 12.6. The molecule has 6 nitrogen and oxygen atoms in total. The van der Waals surface area contributed by atoms with Gasteiger partial charge in [0.25, 0.3) is 0 Å². The van der Waals surface area contributed by atoms with Gasteiger partial charge >= 0.3 is 5.97 Å². The Labute approximate surface area is 270 Å². The van der Waals surface area contributed by atoms with Crippen molar-refractivity contribution >= 4 is 28.4 Å². The SMILES string of the molecule is CCC(C)[C@H](CC(=O)[C@@H](N)Cc1c[nH]c2ccccc12)C(=O)O[C@@H]1CC[C@@]2(C)[C@@H](CC[C@@H]3[C@@H]2CC[C@]2(C)[C@@H](C(C)=O)CC[C@@H]32)C1. The Kier molecular flexibility index (Phi) is 9.10. The van der Waals surface area contributed by atoms with Crippen LogP contribution in [0.4, 0.5) is 0 Å². The topological polar surface area (TPSA) is 102 Å². The van der Waals surface area contributed by atoms with Crippen LogP contribution in [0.15, 0.2) is 30.5 Å². The third kappa shape index (κ3) is 5.83. The lowest BCUT2D eigenvalue weighted by Crippen LogP contribution is -2.54. The third-order valence-corrected chi connectivity index (χ3v) is 14.0. The Balaban J connectivity index is 1.07. The maximum atomic E-state index is 13.7. The summed E-state index contributed by atoms with van der Waals surface area (Å²) in [6.45, 7) is 10.9. The van der Waals surface area contributed by atoms with Gasteiger partial charge in [-0.15, -0.1) is 0 Å². The number of ketones is 2. The van der Waals surface area contributed by atoms with Crippen LogP contribution < -0.4 is 5.73 Å². The van der Waals surface area contributed by atoms with E-state index in [1.54, 1.807) is 0 Å². The van der Waals surface area contributed by atoms with Gasteiger partial charge in [0.1, 0.15) is 11.9 Å². The summed E-state index contributed by atoms with van der Waals surface area (Å²) >= 11 is 0. The lowest BCUT2D eigenvalue weighted by molar-refractivity contribution is -0.169. The Bertz CT molecular complexity index is 1410. The molecule has 0 bridgehead atoms. The number of aromatic nitrogens is 1. The Hall–Kier alpha value is -2.47. The first-order chi connectivity index (χ1) is 21.5. The number of benzene rings is 1. The number of para-hydroxylation sites is 1. The molecule has 0 saturated heterocycles. The number of nitrogens with one attached hydrogen (secondary N) is 1. The minimum absolute atomic E-state index is 0.0489. The van der Waals surface area contributed by atoms with Crippen LogP contribution in [0.3, 0.4) is 0 Å². The molecule has 1 unspecified atom stereocenters. The summed E-state index contributed by atoms with van der Waals surface area (Å²) in [4.78, 5) is 42.9. The number of hydrogen-bond acceptors (Lipinski definition) is 5. The van der Waals surface area contributed by atoms with Crippen molar-refractivity contribution in [3.8, 4) is 0 Å². The third-order valence-electron chi connectivity index (χ3n) is 14.0. The molecule has 4 fully saturated rings. The van der Waals surface area contributed by atoms with E-state index in [-0.39, 0.29) is 46.9 Å². The molecule has 11 atom stereocenters. The summed E-state index contributed by atoms with van der Waals surface area (Å²) in [5.41, 5.74) is 8.98. The number of ether oxygens (including phenoxy) is 1. The van der Waals surface area contributed by atoms with Gasteiger partial charge in [0.05, 0.1) is 12.0 Å². The number of fused-ring (bicyclic) bond motifs is 6. The van der Waals surface area contributed by atoms with Crippen molar-refractivity contribution < 1.29 is 19.1 Å². The number of H-pyrrole nitrogens is 1. The van der Waals surface area contributed by atoms with Gasteiger partial charge in [-0.3, -0.25) is 14.4 Å². The molecule has 1 aromatic heterocycles. The lowest BCUT2D eigenvalue weighted by Gasteiger charge is -2.61. The Morgan fingerprint density at radius 2 is 1.73 bits per heavy atom. The van der Waals surface area contributed by atoms with Crippen LogP contribution in [0.25, 0.3) is 10.9 Å². The van der Waals surface area contributed by atoms with E-state index in [0.29, 0.717) is 30.0 Å². The second-order valence-electron chi connectivity index (χ2n) is 16.1. The highest BCUT2D eigenvalue weighted by atomic mass is 16.5. The van der Waals surface area contributed by atoms with E-state index in [0.717, 1.165) is 54.5 Å². The Morgan fingerprint density at radius 1 is 1.00 bits per heavy atom. The molecule has 0 aliphatic heterocycles. The predicted molar refractivity (Wildman–Crippen MR) is 178 cm³/mol. The monoisotopic (exact) mass is 616 g/mol. The maximum absolute atomic E-state index is 13.7. The van der Waals surface area contributed by atoms with Crippen LogP contribution in [0.1, 0.15) is 111 Å². The van der Waals surface area contributed by atoms with Crippen molar-refractivity contribution in [2.24, 2.45) is 58.0 Å². The minimum Gasteiger partial charge on any atom is -0.462 e. The van der Waals surface area contributed by atoms with Gasteiger partial charge in [-0.25, -0.2) is 0 Å². The summed E-state index contributed by atoms with van der Waals surface area (Å²) in [7, 11) is 0. The number of hydrogen-bond donors (Lipinski definition) is 2. The average molecular weight is 617 g/mol. The summed E-state index contributed by atoms with van der Waals surface area (Å²) in [5, 5.41) is 1.09. The number of carbonyl (C=O) groups is 3. The fourth-order valence-electron chi connectivity index (χ4n) is 11.1. The Morgan fingerprint density at radius 3 is 2.49 bits per heavy atom. The highest BCUT2D eigenvalue weighted by Gasteiger charge is 2.61. The highest BCUT2D eigenvalue weighted by Crippen LogP contribution is 2.67. The van der Waals surface area contributed by atoms with Crippen LogP contribution in [-0.2, 0) is 25.5 Å². The molecule has 3 N–H and O–H groups in total. The summed E-state index contributed by atoms with van der Waals surface area (Å²) in [5.74, 6) is 2.62. The largest absolute Gasteiger partial charge is 0.462 e. The zero-order valence-corrected chi connectivity index (χ0v) is 28.3. The zero-order chi connectivity index (χ0) is 32.1.